The number of ether oxygens (including phenoxy) is 2. The Bertz CT molecular complexity index is 642. The van der Waals surface area contributed by atoms with Crippen LogP contribution in [0.25, 0.3) is 0 Å². The van der Waals surface area contributed by atoms with E-state index < -0.39 is 4.92 Å². The van der Waals surface area contributed by atoms with Gasteiger partial charge in [-0.05, 0) is 23.3 Å². The number of aliphatic hydroxyl groups is 1. The molecule has 0 bridgehead atoms. The molecule has 6 heteroatoms. The topological polar surface area (TPSA) is 81.8 Å². The maximum atomic E-state index is 10.7. The highest BCUT2D eigenvalue weighted by molar-refractivity contribution is 5.43. The van der Waals surface area contributed by atoms with Crippen molar-refractivity contribution < 1.29 is 19.5 Å². The normalized spacial score (nSPS) is 10.2. The van der Waals surface area contributed by atoms with Crippen LogP contribution in [0.2, 0.25) is 0 Å². The van der Waals surface area contributed by atoms with E-state index >= 15 is 0 Å². The smallest absolute Gasteiger partial charge is 0.269 e. The van der Waals surface area contributed by atoms with E-state index in [2.05, 4.69) is 0 Å². The number of hydrogen-bond acceptors (Lipinski definition) is 5. The van der Waals surface area contributed by atoms with E-state index in [4.69, 9.17) is 14.6 Å². The molecule has 0 aromatic heterocycles. The zero-order chi connectivity index (χ0) is 15.2. The minimum atomic E-state index is -0.444. The number of benzene rings is 2. The number of aliphatic hydroxyl groups excluding tert-OH is 1. The standard InChI is InChI=1S/C15H15NO5/c1-20-15-8-11(9-17)5-6-14(15)21-10-12-3-2-4-13(7-12)16(18)19/h2-8,17H,9-10H2,1H3. The van der Waals surface area contributed by atoms with Crippen LogP contribution in [0, 0.1) is 10.1 Å². The Kier molecular flexibility index (Phi) is 4.73. The molecule has 0 aliphatic carbocycles. The molecule has 0 spiro atoms. The molecule has 21 heavy (non-hydrogen) atoms. The molecule has 110 valence electrons. The Labute approximate surface area is 121 Å². The van der Waals surface area contributed by atoms with Gasteiger partial charge in [-0.15, -0.1) is 0 Å². The van der Waals surface area contributed by atoms with Crippen LogP contribution in [0.15, 0.2) is 42.5 Å². The highest BCUT2D eigenvalue weighted by Crippen LogP contribution is 2.29. The molecular weight excluding hydrogens is 274 g/mol. The van der Waals surface area contributed by atoms with Crippen LogP contribution >= 0.6 is 0 Å². The molecule has 0 saturated heterocycles. The van der Waals surface area contributed by atoms with Crippen LogP contribution in [-0.4, -0.2) is 17.1 Å². The zero-order valence-electron chi connectivity index (χ0n) is 11.5. The average Bonchev–Trinajstić information content (AvgIpc) is 2.53. The van der Waals surface area contributed by atoms with Crippen LogP contribution in [-0.2, 0) is 13.2 Å². The number of nitro groups is 1. The minimum Gasteiger partial charge on any atom is -0.493 e. The molecule has 0 aliphatic rings. The monoisotopic (exact) mass is 289 g/mol. The fourth-order valence-electron chi connectivity index (χ4n) is 1.85. The van der Waals surface area contributed by atoms with Gasteiger partial charge < -0.3 is 14.6 Å². The van der Waals surface area contributed by atoms with Gasteiger partial charge in [0.2, 0.25) is 0 Å². The zero-order valence-corrected chi connectivity index (χ0v) is 11.5. The predicted octanol–water partition coefficient (Wildman–Crippen LogP) is 2.67. The van der Waals surface area contributed by atoms with Crippen molar-refractivity contribution in [2.24, 2.45) is 0 Å². The third kappa shape index (κ3) is 3.70. The lowest BCUT2D eigenvalue weighted by molar-refractivity contribution is -0.384. The molecule has 2 rings (SSSR count). The maximum absolute atomic E-state index is 10.7. The summed E-state index contributed by atoms with van der Waals surface area (Å²) in [6, 6.07) is 11.4. The molecule has 2 aromatic carbocycles. The van der Waals surface area contributed by atoms with Crippen molar-refractivity contribution in [3.8, 4) is 11.5 Å². The first kappa shape index (κ1) is 14.8. The lowest BCUT2D eigenvalue weighted by Gasteiger charge is -2.11. The van der Waals surface area contributed by atoms with Crippen molar-refractivity contribution in [3.05, 3.63) is 63.7 Å². The molecule has 0 aliphatic heterocycles. The molecule has 0 amide bonds. The van der Waals surface area contributed by atoms with Crippen LogP contribution in [0.1, 0.15) is 11.1 Å². The van der Waals surface area contributed by atoms with Gasteiger partial charge in [0.25, 0.3) is 5.69 Å². The molecule has 6 nitrogen and oxygen atoms in total. The average molecular weight is 289 g/mol. The Balaban J connectivity index is 2.12. The maximum Gasteiger partial charge on any atom is 0.269 e. The highest BCUT2D eigenvalue weighted by atomic mass is 16.6. The summed E-state index contributed by atoms with van der Waals surface area (Å²) in [5.41, 5.74) is 1.44. The Hall–Kier alpha value is -2.60. The molecule has 0 saturated carbocycles. The van der Waals surface area contributed by atoms with Gasteiger partial charge in [-0.3, -0.25) is 10.1 Å². The summed E-state index contributed by atoms with van der Waals surface area (Å²) in [6.07, 6.45) is 0. The summed E-state index contributed by atoms with van der Waals surface area (Å²) in [5.74, 6) is 1.02. The van der Waals surface area contributed by atoms with Crippen molar-refractivity contribution in [3.63, 3.8) is 0 Å². The van der Waals surface area contributed by atoms with Crippen molar-refractivity contribution in [2.75, 3.05) is 7.11 Å². The molecule has 0 heterocycles. The molecule has 0 atom stereocenters. The Morgan fingerprint density at radius 2 is 1.95 bits per heavy atom. The first-order chi connectivity index (χ1) is 10.1. The lowest BCUT2D eigenvalue weighted by atomic mass is 10.2. The van der Waals surface area contributed by atoms with Gasteiger partial charge in [0.1, 0.15) is 6.61 Å². The first-order valence-electron chi connectivity index (χ1n) is 6.28. The van der Waals surface area contributed by atoms with Crippen molar-refractivity contribution in [2.45, 2.75) is 13.2 Å². The van der Waals surface area contributed by atoms with E-state index in [1.54, 1.807) is 30.3 Å². The lowest BCUT2D eigenvalue weighted by Crippen LogP contribution is -1.99. The molecule has 1 N–H and O–H groups in total. The van der Waals surface area contributed by atoms with Gasteiger partial charge in [-0.1, -0.05) is 18.2 Å². The third-order valence-electron chi connectivity index (χ3n) is 2.93. The van der Waals surface area contributed by atoms with Gasteiger partial charge in [0.05, 0.1) is 18.6 Å². The van der Waals surface area contributed by atoms with Gasteiger partial charge in [0, 0.05) is 12.1 Å². The van der Waals surface area contributed by atoms with E-state index in [9.17, 15) is 10.1 Å². The third-order valence-corrected chi connectivity index (χ3v) is 2.93. The summed E-state index contributed by atoms with van der Waals surface area (Å²) < 4.78 is 10.8. The number of hydrogen-bond donors (Lipinski definition) is 1. The van der Waals surface area contributed by atoms with Crippen molar-refractivity contribution >= 4 is 5.69 Å². The van der Waals surface area contributed by atoms with E-state index in [0.29, 0.717) is 17.1 Å². The van der Waals surface area contributed by atoms with E-state index in [-0.39, 0.29) is 18.9 Å². The fourth-order valence-corrected chi connectivity index (χ4v) is 1.85. The van der Waals surface area contributed by atoms with Crippen molar-refractivity contribution in [1.82, 2.24) is 0 Å². The summed E-state index contributed by atoms with van der Waals surface area (Å²) in [6.45, 7) is 0.109. The molecular formula is C15H15NO5. The van der Waals surface area contributed by atoms with Gasteiger partial charge in [0.15, 0.2) is 11.5 Å². The summed E-state index contributed by atoms with van der Waals surface area (Å²) in [4.78, 5) is 10.3. The highest BCUT2D eigenvalue weighted by Gasteiger charge is 2.08. The molecule has 0 unspecified atom stereocenters. The second-order valence-corrected chi connectivity index (χ2v) is 4.36. The van der Waals surface area contributed by atoms with Gasteiger partial charge in [-0.2, -0.15) is 0 Å². The Morgan fingerprint density at radius 3 is 2.62 bits per heavy atom. The van der Waals surface area contributed by atoms with Gasteiger partial charge >= 0.3 is 0 Å². The molecule has 0 fully saturated rings. The second kappa shape index (κ2) is 6.71. The largest absolute Gasteiger partial charge is 0.493 e. The Morgan fingerprint density at radius 1 is 1.14 bits per heavy atom. The number of non-ortho nitro benzene ring substituents is 1. The van der Waals surface area contributed by atoms with E-state index in [1.807, 2.05) is 0 Å². The number of methoxy groups -OCH3 is 1. The molecule has 0 radical (unpaired) electrons. The SMILES string of the molecule is COc1cc(CO)ccc1OCc1cccc([N+](=O)[O-])c1. The summed E-state index contributed by atoms with van der Waals surface area (Å²) in [5, 5.41) is 19.8. The quantitative estimate of drug-likeness (QED) is 0.653. The number of nitrogens with zero attached hydrogens (tertiary/aromatic N) is 1. The van der Waals surface area contributed by atoms with Crippen LogP contribution in [0.5, 0.6) is 11.5 Å². The van der Waals surface area contributed by atoms with E-state index in [0.717, 1.165) is 5.56 Å². The summed E-state index contributed by atoms with van der Waals surface area (Å²) >= 11 is 0. The fraction of sp³-hybridized carbons (Fsp3) is 0.200. The minimum absolute atomic E-state index is 0.0266. The van der Waals surface area contributed by atoms with E-state index in [1.165, 1.54) is 19.2 Å². The van der Waals surface area contributed by atoms with Crippen LogP contribution < -0.4 is 9.47 Å². The number of nitro benzene ring substituents is 1. The van der Waals surface area contributed by atoms with Crippen LogP contribution in [0.4, 0.5) is 5.69 Å². The molecule has 2 aromatic rings. The first-order valence-corrected chi connectivity index (χ1v) is 6.28. The van der Waals surface area contributed by atoms with Crippen LogP contribution in [0.3, 0.4) is 0 Å². The second-order valence-electron chi connectivity index (χ2n) is 4.36. The number of rotatable bonds is 6. The summed E-state index contributed by atoms with van der Waals surface area (Å²) in [7, 11) is 1.51. The van der Waals surface area contributed by atoms with Crippen molar-refractivity contribution in [1.29, 1.82) is 0 Å². The van der Waals surface area contributed by atoms with Gasteiger partial charge in [-0.25, -0.2) is 0 Å². The predicted molar refractivity (Wildman–Crippen MR) is 76.3 cm³/mol.